The third-order valence-corrected chi connectivity index (χ3v) is 3.25. The van der Waals surface area contributed by atoms with Gasteiger partial charge in [-0.3, -0.25) is 0 Å². The number of aryl methyl sites for hydroxylation is 1. The molecule has 0 saturated heterocycles. The lowest BCUT2D eigenvalue weighted by Gasteiger charge is -2.18. The van der Waals surface area contributed by atoms with Gasteiger partial charge in [0.2, 0.25) is 0 Å². The monoisotopic (exact) mass is 277 g/mol. The standard InChI is InChI=1S/C13H15N3O2S/c1-2-13-15-8-5-10-11(18-4-3-17-10)6-9(8)16(13)7-12(14)19/h5-6H,2-4,7H2,1H3,(H2,14,19). The van der Waals surface area contributed by atoms with Gasteiger partial charge >= 0.3 is 0 Å². The average molecular weight is 277 g/mol. The zero-order chi connectivity index (χ0) is 13.4. The lowest BCUT2D eigenvalue weighted by Crippen LogP contribution is -2.18. The molecule has 2 heterocycles. The van der Waals surface area contributed by atoms with Crippen molar-refractivity contribution in [2.75, 3.05) is 13.2 Å². The largest absolute Gasteiger partial charge is 0.486 e. The van der Waals surface area contributed by atoms with E-state index in [1.165, 1.54) is 0 Å². The van der Waals surface area contributed by atoms with Gasteiger partial charge in [-0.05, 0) is 0 Å². The third kappa shape index (κ3) is 2.12. The number of thiocarbonyl (C=S) groups is 1. The van der Waals surface area contributed by atoms with Crippen molar-refractivity contribution in [3.8, 4) is 11.5 Å². The van der Waals surface area contributed by atoms with E-state index in [9.17, 15) is 0 Å². The van der Waals surface area contributed by atoms with Gasteiger partial charge in [0.1, 0.15) is 19.0 Å². The zero-order valence-corrected chi connectivity index (χ0v) is 11.5. The van der Waals surface area contributed by atoms with E-state index in [1.807, 2.05) is 16.7 Å². The van der Waals surface area contributed by atoms with Crippen molar-refractivity contribution in [1.82, 2.24) is 9.55 Å². The summed E-state index contributed by atoms with van der Waals surface area (Å²) in [5.74, 6) is 2.47. The molecule has 0 unspecified atom stereocenters. The van der Waals surface area contributed by atoms with Crippen LogP contribution in [0, 0.1) is 0 Å². The Balaban J connectivity index is 2.19. The summed E-state index contributed by atoms with van der Waals surface area (Å²) in [5.41, 5.74) is 7.53. The first kappa shape index (κ1) is 12.2. The van der Waals surface area contributed by atoms with Gasteiger partial charge in [0, 0.05) is 18.6 Å². The maximum atomic E-state index is 5.66. The van der Waals surface area contributed by atoms with Crippen molar-refractivity contribution in [2.24, 2.45) is 5.73 Å². The fraction of sp³-hybridized carbons (Fsp3) is 0.385. The minimum atomic E-state index is 0.448. The molecule has 1 aromatic heterocycles. The molecule has 19 heavy (non-hydrogen) atoms. The second-order valence-corrected chi connectivity index (χ2v) is 4.94. The van der Waals surface area contributed by atoms with Crippen molar-refractivity contribution in [3.05, 3.63) is 18.0 Å². The molecule has 0 bridgehead atoms. The highest BCUT2D eigenvalue weighted by Crippen LogP contribution is 2.34. The van der Waals surface area contributed by atoms with E-state index in [0.29, 0.717) is 24.7 Å². The summed E-state index contributed by atoms with van der Waals surface area (Å²) < 4.78 is 13.2. The number of nitrogens with two attached hydrogens (primary N) is 1. The van der Waals surface area contributed by atoms with Gasteiger partial charge in [0.05, 0.1) is 22.6 Å². The number of ether oxygens (including phenoxy) is 2. The summed E-state index contributed by atoms with van der Waals surface area (Å²) >= 11 is 5.01. The first-order chi connectivity index (χ1) is 9.19. The molecule has 0 atom stereocenters. The molecule has 0 aliphatic carbocycles. The Morgan fingerprint density at radius 3 is 2.68 bits per heavy atom. The first-order valence-electron chi connectivity index (χ1n) is 6.26. The first-order valence-corrected chi connectivity index (χ1v) is 6.67. The molecule has 0 saturated carbocycles. The second kappa shape index (κ2) is 4.70. The summed E-state index contributed by atoms with van der Waals surface area (Å²) in [6.45, 7) is 3.70. The highest BCUT2D eigenvalue weighted by molar-refractivity contribution is 7.80. The normalized spacial score (nSPS) is 13.7. The maximum Gasteiger partial charge on any atom is 0.163 e. The van der Waals surface area contributed by atoms with Crippen molar-refractivity contribution in [2.45, 2.75) is 19.9 Å². The second-order valence-electron chi connectivity index (χ2n) is 4.42. The number of fused-ring (bicyclic) bond motifs is 2. The van der Waals surface area contributed by atoms with Crippen LogP contribution in [-0.4, -0.2) is 27.8 Å². The molecule has 3 rings (SSSR count). The number of imidazole rings is 1. The Kier molecular flexibility index (Phi) is 3.02. The van der Waals surface area contributed by atoms with E-state index in [2.05, 4.69) is 11.9 Å². The third-order valence-electron chi connectivity index (χ3n) is 3.12. The Morgan fingerprint density at radius 1 is 1.37 bits per heavy atom. The quantitative estimate of drug-likeness (QED) is 0.864. The van der Waals surface area contributed by atoms with Crippen LogP contribution in [0.1, 0.15) is 12.7 Å². The molecule has 1 aliphatic heterocycles. The zero-order valence-electron chi connectivity index (χ0n) is 10.7. The van der Waals surface area contributed by atoms with Crippen molar-refractivity contribution < 1.29 is 9.47 Å². The van der Waals surface area contributed by atoms with Gasteiger partial charge in [0.15, 0.2) is 11.5 Å². The number of hydrogen-bond acceptors (Lipinski definition) is 4. The van der Waals surface area contributed by atoms with Crippen LogP contribution in [0.5, 0.6) is 11.5 Å². The Bertz CT molecular complexity index is 651. The average Bonchev–Trinajstić information content (AvgIpc) is 2.73. The van der Waals surface area contributed by atoms with Crippen LogP contribution in [-0.2, 0) is 13.0 Å². The molecular formula is C13H15N3O2S. The predicted octanol–water partition coefficient (Wildman–Crippen LogP) is 1.66. The summed E-state index contributed by atoms with van der Waals surface area (Å²) in [5, 5.41) is 0. The minimum Gasteiger partial charge on any atom is -0.486 e. The van der Waals surface area contributed by atoms with E-state index in [0.717, 1.165) is 34.8 Å². The smallest absolute Gasteiger partial charge is 0.163 e. The SMILES string of the molecule is CCc1nc2cc3c(cc2n1CC(N)=S)OCCO3. The molecular weight excluding hydrogens is 262 g/mol. The molecule has 5 nitrogen and oxygen atoms in total. The molecule has 0 radical (unpaired) electrons. The Morgan fingerprint density at radius 2 is 2.05 bits per heavy atom. The molecule has 0 amide bonds. The van der Waals surface area contributed by atoms with Gasteiger partial charge in [-0.2, -0.15) is 0 Å². The molecule has 100 valence electrons. The topological polar surface area (TPSA) is 62.3 Å². The van der Waals surface area contributed by atoms with E-state index in [1.54, 1.807) is 0 Å². The van der Waals surface area contributed by atoms with Gasteiger partial charge < -0.3 is 19.8 Å². The van der Waals surface area contributed by atoms with Gasteiger partial charge in [-0.15, -0.1) is 0 Å². The van der Waals surface area contributed by atoms with E-state index in [4.69, 9.17) is 27.4 Å². The fourth-order valence-corrected chi connectivity index (χ4v) is 2.44. The van der Waals surface area contributed by atoms with Crippen LogP contribution < -0.4 is 15.2 Å². The summed E-state index contributed by atoms with van der Waals surface area (Å²) in [6.07, 6.45) is 0.823. The molecule has 0 spiro atoms. The molecule has 1 aromatic carbocycles. The number of rotatable bonds is 3. The molecule has 2 N–H and O–H groups in total. The molecule has 1 aliphatic rings. The fourth-order valence-electron chi connectivity index (χ4n) is 2.31. The van der Waals surface area contributed by atoms with Gasteiger partial charge in [-0.25, -0.2) is 4.98 Å². The van der Waals surface area contributed by atoms with Crippen molar-refractivity contribution >= 4 is 28.2 Å². The van der Waals surface area contributed by atoms with Crippen LogP contribution in [0.2, 0.25) is 0 Å². The van der Waals surface area contributed by atoms with Crippen LogP contribution in [0.4, 0.5) is 0 Å². The number of aromatic nitrogens is 2. The van der Waals surface area contributed by atoms with Crippen molar-refractivity contribution in [1.29, 1.82) is 0 Å². The van der Waals surface area contributed by atoms with Crippen LogP contribution >= 0.6 is 12.2 Å². The van der Waals surface area contributed by atoms with Crippen LogP contribution in [0.15, 0.2) is 12.1 Å². The van der Waals surface area contributed by atoms with E-state index >= 15 is 0 Å². The van der Waals surface area contributed by atoms with E-state index in [-0.39, 0.29) is 0 Å². The summed E-state index contributed by atoms with van der Waals surface area (Å²) in [6, 6.07) is 3.87. The summed E-state index contributed by atoms with van der Waals surface area (Å²) in [4.78, 5) is 5.05. The lowest BCUT2D eigenvalue weighted by atomic mass is 10.2. The van der Waals surface area contributed by atoms with Crippen molar-refractivity contribution in [3.63, 3.8) is 0 Å². The van der Waals surface area contributed by atoms with Crippen LogP contribution in [0.25, 0.3) is 11.0 Å². The molecule has 2 aromatic rings. The predicted molar refractivity (Wildman–Crippen MR) is 76.9 cm³/mol. The number of benzene rings is 1. The number of hydrogen-bond donors (Lipinski definition) is 1. The molecule has 0 fully saturated rings. The number of nitrogens with zero attached hydrogens (tertiary/aromatic N) is 2. The van der Waals surface area contributed by atoms with Gasteiger partial charge in [-0.1, -0.05) is 19.1 Å². The van der Waals surface area contributed by atoms with E-state index < -0.39 is 0 Å². The summed E-state index contributed by atoms with van der Waals surface area (Å²) in [7, 11) is 0. The van der Waals surface area contributed by atoms with Crippen LogP contribution in [0.3, 0.4) is 0 Å². The Labute approximate surface area is 116 Å². The van der Waals surface area contributed by atoms with Gasteiger partial charge in [0.25, 0.3) is 0 Å². The highest BCUT2D eigenvalue weighted by Gasteiger charge is 2.17. The minimum absolute atomic E-state index is 0.448. The molecule has 6 heteroatoms. The maximum absolute atomic E-state index is 5.66. The Hall–Kier alpha value is -1.82. The highest BCUT2D eigenvalue weighted by atomic mass is 32.1. The lowest BCUT2D eigenvalue weighted by molar-refractivity contribution is 0.172.